The molecule has 0 atom stereocenters. The highest BCUT2D eigenvalue weighted by Crippen LogP contribution is 2.16. The van der Waals surface area contributed by atoms with Gasteiger partial charge in [0.15, 0.2) is 6.61 Å². The third-order valence-corrected chi connectivity index (χ3v) is 3.92. The minimum Gasteiger partial charge on any atom is -0.497 e. The van der Waals surface area contributed by atoms with Crippen LogP contribution in [0, 0.1) is 6.92 Å². The number of carbonyl (C=O) groups is 2. The van der Waals surface area contributed by atoms with Crippen molar-refractivity contribution in [2.45, 2.75) is 19.8 Å². The molecular weight excluding hydrogens is 346 g/mol. The van der Waals surface area contributed by atoms with E-state index in [4.69, 9.17) is 14.2 Å². The largest absolute Gasteiger partial charge is 0.497 e. The zero-order valence-corrected chi connectivity index (χ0v) is 15.7. The fraction of sp³-hybridized carbons (Fsp3) is 0.333. The molecule has 0 spiro atoms. The van der Waals surface area contributed by atoms with Gasteiger partial charge >= 0.3 is 5.97 Å². The maximum atomic E-state index is 11.7. The fourth-order valence-corrected chi connectivity index (χ4v) is 2.37. The Bertz CT molecular complexity index is 742. The Morgan fingerprint density at radius 1 is 1.04 bits per heavy atom. The van der Waals surface area contributed by atoms with E-state index in [0.29, 0.717) is 13.0 Å². The van der Waals surface area contributed by atoms with Crippen LogP contribution in [0.1, 0.15) is 17.5 Å². The van der Waals surface area contributed by atoms with E-state index in [0.717, 1.165) is 22.6 Å². The number of rotatable bonds is 10. The number of para-hydroxylation sites is 1. The van der Waals surface area contributed by atoms with Crippen LogP contribution >= 0.6 is 0 Å². The van der Waals surface area contributed by atoms with Gasteiger partial charge in [-0.2, -0.15) is 0 Å². The van der Waals surface area contributed by atoms with E-state index < -0.39 is 5.97 Å². The number of amides is 1. The van der Waals surface area contributed by atoms with Crippen molar-refractivity contribution in [2.24, 2.45) is 0 Å². The molecule has 0 aliphatic heterocycles. The Kier molecular flexibility index (Phi) is 8.16. The normalized spacial score (nSPS) is 10.1. The highest BCUT2D eigenvalue weighted by atomic mass is 16.5. The van der Waals surface area contributed by atoms with Crippen molar-refractivity contribution in [1.29, 1.82) is 0 Å². The number of aryl methyl sites for hydroxylation is 1. The molecule has 27 heavy (non-hydrogen) atoms. The van der Waals surface area contributed by atoms with E-state index in [9.17, 15) is 9.59 Å². The number of carbonyl (C=O) groups excluding carboxylic acids is 2. The predicted octanol–water partition coefficient (Wildman–Crippen LogP) is 2.67. The molecule has 2 rings (SSSR count). The predicted molar refractivity (Wildman–Crippen MR) is 102 cm³/mol. The molecule has 0 radical (unpaired) electrons. The molecule has 144 valence electrons. The number of esters is 1. The van der Waals surface area contributed by atoms with Crippen molar-refractivity contribution >= 4 is 11.9 Å². The highest BCUT2D eigenvalue weighted by Gasteiger charge is 2.08. The Labute approximate surface area is 159 Å². The maximum Gasteiger partial charge on any atom is 0.309 e. The van der Waals surface area contributed by atoms with Gasteiger partial charge in [0.05, 0.1) is 20.1 Å². The molecule has 0 heterocycles. The van der Waals surface area contributed by atoms with E-state index in [1.807, 2.05) is 55.5 Å². The topological polar surface area (TPSA) is 73.9 Å². The maximum absolute atomic E-state index is 11.7. The van der Waals surface area contributed by atoms with Crippen molar-refractivity contribution in [2.75, 3.05) is 26.9 Å². The highest BCUT2D eigenvalue weighted by molar-refractivity contribution is 5.80. The first-order valence-corrected chi connectivity index (χ1v) is 8.82. The quantitative estimate of drug-likeness (QED) is 0.650. The number of methoxy groups -OCH3 is 1. The second-order valence-electron chi connectivity index (χ2n) is 5.97. The minimum atomic E-state index is -0.464. The smallest absolute Gasteiger partial charge is 0.309 e. The molecule has 0 aliphatic carbocycles. The average molecular weight is 371 g/mol. The van der Waals surface area contributed by atoms with Gasteiger partial charge in [-0.05, 0) is 42.7 Å². The molecule has 1 amide bonds. The van der Waals surface area contributed by atoms with Crippen LogP contribution < -0.4 is 14.8 Å². The van der Waals surface area contributed by atoms with Crippen molar-refractivity contribution in [1.82, 2.24) is 5.32 Å². The summed E-state index contributed by atoms with van der Waals surface area (Å²) in [5.41, 5.74) is 2.09. The lowest BCUT2D eigenvalue weighted by Crippen LogP contribution is -2.30. The molecule has 6 nitrogen and oxygen atoms in total. The molecular formula is C21H25NO5. The van der Waals surface area contributed by atoms with E-state index in [1.54, 1.807) is 7.11 Å². The lowest BCUT2D eigenvalue weighted by molar-refractivity contribution is -0.149. The zero-order valence-electron chi connectivity index (χ0n) is 15.7. The molecule has 0 unspecified atom stereocenters. The Morgan fingerprint density at radius 2 is 1.78 bits per heavy atom. The monoisotopic (exact) mass is 371 g/mol. The van der Waals surface area contributed by atoms with E-state index >= 15 is 0 Å². The second-order valence-corrected chi connectivity index (χ2v) is 5.97. The molecule has 2 aromatic carbocycles. The molecule has 1 N–H and O–H groups in total. The van der Waals surface area contributed by atoms with Crippen LogP contribution in [0.4, 0.5) is 0 Å². The second kappa shape index (κ2) is 10.9. The van der Waals surface area contributed by atoms with Crippen LogP contribution in [-0.4, -0.2) is 38.7 Å². The summed E-state index contributed by atoms with van der Waals surface area (Å²) in [7, 11) is 1.62. The lowest BCUT2D eigenvalue weighted by atomic mass is 10.1. The summed E-state index contributed by atoms with van der Waals surface area (Å²) in [5.74, 6) is 0.744. The van der Waals surface area contributed by atoms with Crippen molar-refractivity contribution < 1.29 is 23.8 Å². The third-order valence-electron chi connectivity index (χ3n) is 3.92. The number of nitrogens with one attached hydrogen (secondary N) is 1. The van der Waals surface area contributed by atoms with Crippen LogP contribution in [-0.2, 0) is 20.7 Å². The third kappa shape index (κ3) is 7.40. The summed E-state index contributed by atoms with van der Waals surface area (Å²) in [6.45, 7) is 2.33. The minimum absolute atomic E-state index is 0.0907. The van der Waals surface area contributed by atoms with Gasteiger partial charge in [-0.1, -0.05) is 30.3 Å². The molecule has 0 aromatic heterocycles. The molecule has 0 saturated carbocycles. The van der Waals surface area contributed by atoms with Crippen LogP contribution in [0.25, 0.3) is 0 Å². The van der Waals surface area contributed by atoms with Gasteiger partial charge in [0.25, 0.3) is 5.91 Å². The number of benzene rings is 2. The van der Waals surface area contributed by atoms with Crippen LogP contribution in [0.3, 0.4) is 0 Å². The summed E-state index contributed by atoms with van der Waals surface area (Å²) >= 11 is 0. The average Bonchev–Trinajstić information content (AvgIpc) is 2.68. The van der Waals surface area contributed by atoms with Gasteiger partial charge in [-0.3, -0.25) is 9.59 Å². The first kappa shape index (κ1) is 20.3. The van der Waals surface area contributed by atoms with Gasteiger partial charge in [0.1, 0.15) is 11.5 Å². The Balaban J connectivity index is 1.57. The van der Waals surface area contributed by atoms with Gasteiger partial charge in [0.2, 0.25) is 0 Å². The van der Waals surface area contributed by atoms with Crippen LogP contribution in [0.5, 0.6) is 11.5 Å². The van der Waals surface area contributed by atoms with Gasteiger partial charge in [0, 0.05) is 6.54 Å². The van der Waals surface area contributed by atoms with E-state index in [1.165, 1.54) is 0 Å². The SMILES string of the molecule is COc1ccc(CCNC(=O)COC(=O)CCOc2ccccc2C)cc1. The molecule has 0 bridgehead atoms. The lowest BCUT2D eigenvalue weighted by Gasteiger charge is -2.09. The Morgan fingerprint density at radius 3 is 2.48 bits per heavy atom. The number of ether oxygens (including phenoxy) is 3. The van der Waals surface area contributed by atoms with Crippen molar-refractivity contribution in [3.8, 4) is 11.5 Å². The van der Waals surface area contributed by atoms with E-state index in [-0.39, 0.29) is 25.5 Å². The van der Waals surface area contributed by atoms with Gasteiger partial charge in [-0.25, -0.2) is 0 Å². The summed E-state index contributed by atoms with van der Waals surface area (Å²) < 4.78 is 15.6. The zero-order chi connectivity index (χ0) is 19.5. The van der Waals surface area contributed by atoms with Crippen molar-refractivity contribution in [3.05, 3.63) is 59.7 Å². The first-order chi connectivity index (χ1) is 13.1. The first-order valence-electron chi connectivity index (χ1n) is 8.82. The van der Waals surface area contributed by atoms with Crippen LogP contribution in [0.15, 0.2) is 48.5 Å². The molecule has 0 fully saturated rings. The summed E-state index contributed by atoms with van der Waals surface area (Å²) in [6, 6.07) is 15.2. The molecule has 2 aromatic rings. The summed E-state index contributed by atoms with van der Waals surface area (Å²) in [5, 5.41) is 2.73. The standard InChI is InChI=1S/C21H25NO5/c1-16-5-3-4-6-19(16)26-14-12-21(24)27-15-20(23)22-13-11-17-7-9-18(25-2)10-8-17/h3-10H,11-15H2,1-2H3,(H,22,23). The summed E-state index contributed by atoms with van der Waals surface area (Å²) in [4.78, 5) is 23.4. The Hall–Kier alpha value is -3.02. The fourth-order valence-electron chi connectivity index (χ4n) is 2.37. The number of hydrogen-bond donors (Lipinski definition) is 1. The number of hydrogen-bond acceptors (Lipinski definition) is 5. The molecule has 0 saturated heterocycles. The summed E-state index contributed by atoms with van der Waals surface area (Å²) in [6.07, 6.45) is 0.779. The molecule has 6 heteroatoms. The van der Waals surface area contributed by atoms with Crippen molar-refractivity contribution in [3.63, 3.8) is 0 Å². The van der Waals surface area contributed by atoms with Gasteiger partial charge in [-0.15, -0.1) is 0 Å². The van der Waals surface area contributed by atoms with Crippen LogP contribution in [0.2, 0.25) is 0 Å². The van der Waals surface area contributed by atoms with Gasteiger partial charge < -0.3 is 19.5 Å². The molecule has 0 aliphatic rings. The van der Waals surface area contributed by atoms with E-state index in [2.05, 4.69) is 5.32 Å².